The molecular formula is C21H32ClN3O3. The Bertz CT molecular complexity index is 665. The summed E-state index contributed by atoms with van der Waals surface area (Å²) in [5, 5.41) is 6.55. The molecule has 0 spiro atoms. The van der Waals surface area contributed by atoms with E-state index in [1.165, 1.54) is 6.42 Å². The highest BCUT2D eigenvalue weighted by molar-refractivity contribution is 5.97. The molecule has 2 N–H and O–H groups in total. The minimum atomic E-state index is -0.513. The minimum absolute atomic E-state index is 0. The van der Waals surface area contributed by atoms with E-state index in [0.29, 0.717) is 24.3 Å². The standard InChI is InChI=1S/C21H31N3O3.ClH/c1-4-27-18-9-5-15(6-10-18)20(25)23-19(14(2)3)21(26)24-12-11-16-7-8-17(13-24)22-16;/h5-6,9-10,14,16-17,19,22H,4,7-8,11-13H2,1-3H3,(H,23,25);1H. The number of likely N-dealkylation sites (tertiary alicyclic amines) is 1. The van der Waals surface area contributed by atoms with Crippen LogP contribution in [-0.4, -0.2) is 54.5 Å². The van der Waals surface area contributed by atoms with Crippen molar-refractivity contribution in [1.82, 2.24) is 15.5 Å². The molecule has 3 rings (SSSR count). The maximum atomic E-state index is 13.1. The molecular weight excluding hydrogens is 378 g/mol. The minimum Gasteiger partial charge on any atom is -0.494 e. The molecule has 3 atom stereocenters. The number of hydrogen-bond donors (Lipinski definition) is 2. The van der Waals surface area contributed by atoms with E-state index >= 15 is 0 Å². The van der Waals surface area contributed by atoms with Crippen molar-refractivity contribution in [3.8, 4) is 5.75 Å². The van der Waals surface area contributed by atoms with Crippen molar-refractivity contribution in [3.63, 3.8) is 0 Å². The van der Waals surface area contributed by atoms with Crippen LogP contribution in [-0.2, 0) is 4.79 Å². The molecule has 2 saturated heterocycles. The first-order chi connectivity index (χ1) is 13.0. The molecule has 0 radical (unpaired) electrons. The lowest BCUT2D eigenvalue weighted by Crippen LogP contribution is -2.53. The molecule has 7 heteroatoms. The lowest BCUT2D eigenvalue weighted by Gasteiger charge is -2.30. The Hall–Kier alpha value is -1.79. The Morgan fingerprint density at radius 3 is 2.50 bits per heavy atom. The number of hydrogen-bond acceptors (Lipinski definition) is 4. The Morgan fingerprint density at radius 2 is 1.86 bits per heavy atom. The van der Waals surface area contributed by atoms with Gasteiger partial charge < -0.3 is 20.3 Å². The average molecular weight is 410 g/mol. The number of nitrogens with one attached hydrogen (secondary N) is 2. The van der Waals surface area contributed by atoms with Crippen LogP contribution in [0.2, 0.25) is 0 Å². The van der Waals surface area contributed by atoms with Crippen LogP contribution in [0.25, 0.3) is 0 Å². The summed E-state index contributed by atoms with van der Waals surface area (Å²) in [4.78, 5) is 27.7. The number of halogens is 1. The summed E-state index contributed by atoms with van der Waals surface area (Å²) in [6, 6.07) is 7.43. The van der Waals surface area contributed by atoms with Gasteiger partial charge in [0.15, 0.2) is 0 Å². The van der Waals surface area contributed by atoms with E-state index in [-0.39, 0.29) is 30.1 Å². The molecule has 28 heavy (non-hydrogen) atoms. The fourth-order valence-corrected chi connectivity index (χ4v) is 3.95. The summed E-state index contributed by atoms with van der Waals surface area (Å²) in [5.41, 5.74) is 0.536. The third kappa shape index (κ3) is 5.39. The number of carbonyl (C=O) groups is 2. The molecule has 2 aliphatic heterocycles. The van der Waals surface area contributed by atoms with Gasteiger partial charge in [0.25, 0.3) is 5.91 Å². The van der Waals surface area contributed by atoms with Gasteiger partial charge in [0.05, 0.1) is 6.61 Å². The highest BCUT2D eigenvalue weighted by Crippen LogP contribution is 2.22. The van der Waals surface area contributed by atoms with Gasteiger partial charge in [-0.2, -0.15) is 0 Å². The van der Waals surface area contributed by atoms with Crippen molar-refractivity contribution in [1.29, 1.82) is 0 Å². The van der Waals surface area contributed by atoms with Gasteiger partial charge in [-0.3, -0.25) is 9.59 Å². The van der Waals surface area contributed by atoms with Crippen LogP contribution in [0, 0.1) is 5.92 Å². The molecule has 1 aromatic carbocycles. The third-order valence-corrected chi connectivity index (χ3v) is 5.48. The van der Waals surface area contributed by atoms with Crippen LogP contribution in [0.15, 0.2) is 24.3 Å². The monoisotopic (exact) mass is 409 g/mol. The summed E-state index contributed by atoms with van der Waals surface area (Å²) in [7, 11) is 0. The smallest absolute Gasteiger partial charge is 0.251 e. The van der Waals surface area contributed by atoms with Crippen LogP contribution >= 0.6 is 12.4 Å². The molecule has 2 bridgehead atoms. The number of rotatable bonds is 6. The molecule has 2 aliphatic rings. The van der Waals surface area contributed by atoms with E-state index in [0.717, 1.165) is 31.7 Å². The molecule has 0 saturated carbocycles. The quantitative estimate of drug-likeness (QED) is 0.757. The number of amides is 2. The summed E-state index contributed by atoms with van der Waals surface area (Å²) >= 11 is 0. The largest absolute Gasteiger partial charge is 0.494 e. The van der Waals surface area contributed by atoms with Gasteiger partial charge in [-0.25, -0.2) is 0 Å². The summed E-state index contributed by atoms with van der Waals surface area (Å²) in [6.45, 7) is 7.95. The first-order valence-electron chi connectivity index (χ1n) is 10.1. The molecule has 0 aromatic heterocycles. The van der Waals surface area contributed by atoms with Crippen LogP contribution < -0.4 is 15.4 Å². The van der Waals surface area contributed by atoms with Crippen LogP contribution in [0.3, 0.4) is 0 Å². The Kier molecular flexibility index (Phi) is 8.13. The van der Waals surface area contributed by atoms with Gasteiger partial charge in [0, 0.05) is 30.7 Å². The van der Waals surface area contributed by atoms with E-state index in [9.17, 15) is 9.59 Å². The zero-order valence-corrected chi connectivity index (χ0v) is 17.8. The zero-order valence-electron chi connectivity index (χ0n) is 16.9. The number of ether oxygens (including phenoxy) is 1. The maximum absolute atomic E-state index is 13.1. The van der Waals surface area contributed by atoms with E-state index < -0.39 is 6.04 Å². The number of carbonyl (C=O) groups excluding carboxylic acids is 2. The molecule has 2 heterocycles. The van der Waals surface area contributed by atoms with Gasteiger partial charge in [0.2, 0.25) is 5.91 Å². The van der Waals surface area contributed by atoms with Gasteiger partial charge in [0.1, 0.15) is 11.8 Å². The van der Waals surface area contributed by atoms with Crippen molar-refractivity contribution in [2.45, 2.75) is 58.2 Å². The lowest BCUT2D eigenvalue weighted by atomic mass is 10.0. The molecule has 156 valence electrons. The highest BCUT2D eigenvalue weighted by atomic mass is 35.5. The van der Waals surface area contributed by atoms with Gasteiger partial charge in [-0.15, -0.1) is 12.4 Å². The van der Waals surface area contributed by atoms with Crippen LogP contribution in [0.4, 0.5) is 0 Å². The first-order valence-corrected chi connectivity index (χ1v) is 10.1. The number of benzene rings is 1. The SMILES string of the molecule is CCOc1ccc(C(=O)NC(C(=O)N2CCC3CCC(C2)N3)C(C)C)cc1.Cl. The molecule has 3 unspecified atom stereocenters. The van der Waals surface area contributed by atoms with Crippen molar-refractivity contribution in [3.05, 3.63) is 29.8 Å². The van der Waals surface area contributed by atoms with Crippen LogP contribution in [0.1, 0.15) is 50.4 Å². The Morgan fingerprint density at radius 1 is 1.18 bits per heavy atom. The van der Waals surface area contributed by atoms with E-state index in [4.69, 9.17) is 4.74 Å². The fourth-order valence-electron chi connectivity index (χ4n) is 3.95. The number of fused-ring (bicyclic) bond motifs is 2. The van der Waals surface area contributed by atoms with Gasteiger partial charge in [-0.05, 0) is 56.4 Å². The second kappa shape index (κ2) is 10.1. The zero-order chi connectivity index (χ0) is 19.4. The normalized spacial score (nSPS) is 22.2. The molecule has 6 nitrogen and oxygen atoms in total. The second-order valence-corrected chi connectivity index (χ2v) is 7.86. The third-order valence-electron chi connectivity index (χ3n) is 5.48. The summed E-state index contributed by atoms with van der Waals surface area (Å²) in [5.74, 6) is 0.563. The van der Waals surface area contributed by atoms with E-state index in [2.05, 4.69) is 10.6 Å². The fraction of sp³-hybridized carbons (Fsp3) is 0.619. The van der Waals surface area contributed by atoms with Gasteiger partial charge >= 0.3 is 0 Å². The first kappa shape index (κ1) is 22.5. The maximum Gasteiger partial charge on any atom is 0.251 e. The highest BCUT2D eigenvalue weighted by Gasteiger charge is 2.35. The van der Waals surface area contributed by atoms with Crippen molar-refractivity contribution in [2.75, 3.05) is 19.7 Å². The van der Waals surface area contributed by atoms with Crippen molar-refractivity contribution < 1.29 is 14.3 Å². The van der Waals surface area contributed by atoms with Crippen molar-refractivity contribution in [2.24, 2.45) is 5.92 Å². The van der Waals surface area contributed by atoms with E-state index in [1.807, 2.05) is 25.7 Å². The Labute approximate surface area is 173 Å². The summed E-state index contributed by atoms with van der Waals surface area (Å²) < 4.78 is 5.42. The topological polar surface area (TPSA) is 70.7 Å². The Balaban J connectivity index is 0.00000280. The lowest BCUT2D eigenvalue weighted by molar-refractivity contribution is -0.134. The molecule has 2 fully saturated rings. The summed E-state index contributed by atoms with van der Waals surface area (Å²) in [6.07, 6.45) is 3.31. The van der Waals surface area contributed by atoms with Gasteiger partial charge in [-0.1, -0.05) is 13.8 Å². The van der Waals surface area contributed by atoms with Crippen molar-refractivity contribution >= 4 is 24.2 Å². The average Bonchev–Trinajstić information content (AvgIpc) is 2.98. The predicted molar refractivity (Wildman–Crippen MR) is 112 cm³/mol. The van der Waals surface area contributed by atoms with Crippen LogP contribution in [0.5, 0.6) is 5.75 Å². The molecule has 2 amide bonds. The predicted octanol–water partition coefficient (Wildman–Crippen LogP) is 2.61. The van der Waals surface area contributed by atoms with E-state index in [1.54, 1.807) is 24.3 Å². The second-order valence-electron chi connectivity index (χ2n) is 7.86. The molecule has 0 aliphatic carbocycles. The number of nitrogens with zero attached hydrogens (tertiary/aromatic N) is 1. The molecule has 1 aromatic rings.